The summed E-state index contributed by atoms with van der Waals surface area (Å²) >= 11 is 1.07. The lowest BCUT2D eigenvalue weighted by Crippen LogP contribution is -2.15. The first-order valence-electron chi connectivity index (χ1n) is 5.67. The predicted octanol–water partition coefficient (Wildman–Crippen LogP) is 2.54. The van der Waals surface area contributed by atoms with Crippen molar-refractivity contribution in [2.45, 2.75) is 44.3 Å². The van der Waals surface area contributed by atoms with Crippen LogP contribution in [-0.4, -0.2) is 27.0 Å². The Morgan fingerprint density at radius 1 is 1.59 bits per heavy atom. The van der Waals surface area contributed by atoms with Crippen LogP contribution in [0.3, 0.4) is 0 Å². The molecule has 1 unspecified atom stereocenters. The minimum atomic E-state index is -0.879. The van der Waals surface area contributed by atoms with E-state index in [-0.39, 0.29) is 11.2 Å². The van der Waals surface area contributed by atoms with Crippen molar-refractivity contribution in [2.75, 3.05) is 5.75 Å². The maximum Gasteiger partial charge on any atom is 0.314 e. The third kappa shape index (κ3) is 2.80. The molecule has 1 aliphatic carbocycles. The minimum Gasteiger partial charge on any atom is -0.481 e. The topological polar surface area (TPSA) is 76.2 Å². The summed E-state index contributed by atoms with van der Waals surface area (Å²) in [7, 11) is 0. The number of aliphatic carboxylic acids is 1. The Bertz CT molecular complexity index is 417. The van der Waals surface area contributed by atoms with Crippen molar-refractivity contribution < 1.29 is 14.3 Å². The van der Waals surface area contributed by atoms with E-state index in [9.17, 15) is 4.79 Å². The van der Waals surface area contributed by atoms with Gasteiger partial charge in [-0.15, -0.1) is 10.2 Å². The molecule has 6 heteroatoms. The van der Waals surface area contributed by atoms with Gasteiger partial charge in [0.2, 0.25) is 5.89 Å². The van der Waals surface area contributed by atoms with E-state index in [0.29, 0.717) is 17.0 Å². The first-order chi connectivity index (χ1) is 7.99. The quantitative estimate of drug-likeness (QED) is 0.834. The van der Waals surface area contributed by atoms with E-state index >= 15 is 0 Å². The van der Waals surface area contributed by atoms with Gasteiger partial charge in [-0.05, 0) is 18.3 Å². The molecule has 1 saturated carbocycles. The van der Waals surface area contributed by atoms with Crippen LogP contribution in [0.4, 0.5) is 0 Å². The molecule has 0 saturated heterocycles. The molecule has 0 aromatic carbocycles. The molecule has 1 aromatic rings. The largest absolute Gasteiger partial charge is 0.481 e. The van der Waals surface area contributed by atoms with Gasteiger partial charge in [-0.3, -0.25) is 4.79 Å². The standard InChI is InChI=1S/C11H16N2O3S/c1-11(2)5-3-4-7(11)9-12-13-10(16-9)17-6-8(14)15/h7H,3-6H2,1-2H3,(H,14,15). The molecule has 0 bridgehead atoms. The van der Waals surface area contributed by atoms with Gasteiger partial charge in [0.1, 0.15) is 5.75 Å². The van der Waals surface area contributed by atoms with Crippen molar-refractivity contribution in [3.63, 3.8) is 0 Å². The van der Waals surface area contributed by atoms with Gasteiger partial charge < -0.3 is 9.52 Å². The molecule has 0 radical (unpaired) electrons. The van der Waals surface area contributed by atoms with Crippen molar-refractivity contribution in [1.29, 1.82) is 0 Å². The number of nitrogens with zero attached hydrogens (tertiary/aromatic N) is 2. The zero-order valence-electron chi connectivity index (χ0n) is 9.97. The summed E-state index contributed by atoms with van der Waals surface area (Å²) in [5, 5.41) is 16.8. The second-order valence-corrected chi connectivity index (χ2v) is 5.95. The van der Waals surface area contributed by atoms with Gasteiger partial charge in [0.15, 0.2) is 0 Å². The summed E-state index contributed by atoms with van der Waals surface area (Å²) in [5.41, 5.74) is 0.196. The van der Waals surface area contributed by atoms with E-state index in [2.05, 4.69) is 24.0 Å². The first-order valence-corrected chi connectivity index (χ1v) is 6.65. The van der Waals surface area contributed by atoms with Gasteiger partial charge in [-0.2, -0.15) is 0 Å². The predicted molar refractivity (Wildman–Crippen MR) is 63.0 cm³/mol. The monoisotopic (exact) mass is 256 g/mol. The second-order valence-electron chi connectivity index (χ2n) is 5.02. The molecule has 0 aliphatic heterocycles. The Balaban J connectivity index is 2.05. The molecule has 0 spiro atoms. The van der Waals surface area contributed by atoms with Gasteiger partial charge in [0, 0.05) is 5.92 Å². The zero-order chi connectivity index (χ0) is 12.5. The summed E-state index contributed by atoms with van der Waals surface area (Å²) in [5.74, 6) is 0.0286. The van der Waals surface area contributed by atoms with Crippen LogP contribution in [-0.2, 0) is 4.79 Å². The molecule has 94 valence electrons. The van der Waals surface area contributed by atoms with Gasteiger partial charge in [0.05, 0.1) is 0 Å². The fourth-order valence-electron chi connectivity index (χ4n) is 2.33. The van der Waals surface area contributed by atoms with Crippen LogP contribution in [0.5, 0.6) is 0 Å². The maximum atomic E-state index is 10.4. The lowest BCUT2D eigenvalue weighted by molar-refractivity contribution is -0.133. The van der Waals surface area contributed by atoms with Gasteiger partial charge in [-0.25, -0.2) is 0 Å². The number of aromatic nitrogens is 2. The Kier molecular flexibility index (Phi) is 3.42. The Morgan fingerprint density at radius 3 is 2.94 bits per heavy atom. The van der Waals surface area contributed by atoms with E-state index in [1.54, 1.807) is 0 Å². The van der Waals surface area contributed by atoms with Crippen LogP contribution < -0.4 is 0 Å². The minimum absolute atomic E-state index is 0.0459. The molecular formula is C11H16N2O3S. The van der Waals surface area contributed by atoms with Crippen LogP contribution in [0, 0.1) is 5.41 Å². The molecule has 1 atom stereocenters. The van der Waals surface area contributed by atoms with Gasteiger partial charge >= 0.3 is 5.97 Å². The fraction of sp³-hybridized carbons (Fsp3) is 0.727. The number of rotatable bonds is 4. The lowest BCUT2D eigenvalue weighted by atomic mass is 9.82. The summed E-state index contributed by atoms with van der Waals surface area (Å²) in [6.45, 7) is 4.41. The molecular weight excluding hydrogens is 240 g/mol. The van der Waals surface area contributed by atoms with E-state index in [1.807, 2.05) is 0 Å². The molecule has 1 aromatic heterocycles. The lowest BCUT2D eigenvalue weighted by Gasteiger charge is -2.23. The SMILES string of the molecule is CC1(C)CCCC1c1nnc(SCC(=O)O)o1. The third-order valence-corrected chi connectivity index (χ3v) is 4.10. The van der Waals surface area contributed by atoms with Crippen molar-refractivity contribution >= 4 is 17.7 Å². The molecule has 2 rings (SSSR count). The second kappa shape index (κ2) is 4.68. The smallest absolute Gasteiger partial charge is 0.314 e. The number of hydrogen-bond acceptors (Lipinski definition) is 5. The average molecular weight is 256 g/mol. The highest BCUT2D eigenvalue weighted by Crippen LogP contribution is 2.48. The Morgan fingerprint density at radius 2 is 2.35 bits per heavy atom. The number of carboxylic acids is 1. The highest BCUT2D eigenvalue weighted by atomic mass is 32.2. The Hall–Kier alpha value is -1.04. The van der Waals surface area contributed by atoms with E-state index in [1.165, 1.54) is 6.42 Å². The van der Waals surface area contributed by atoms with Crippen molar-refractivity contribution in [2.24, 2.45) is 5.41 Å². The van der Waals surface area contributed by atoms with E-state index in [4.69, 9.17) is 9.52 Å². The van der Waals surface area contributed by atoms with Crippen molar-refractivity contribution in [1.82, 2.24) is 10.2 Å². The Labute approximate surface area is 104 Å². The number of carboxylic acid groups (broad SMARTS) is 1. The highest BCUT2D eigenvalue weighted by Gasteiger charge is 2.38. The van der Waals surface area contributed by atoms with Crippen molar-refractivity contribution in [3.05, 3.63) is 5.89 Å². The summed E-state index contributed by atoms with van der Waals surface area (Å²) in [4.78, 5) is 10.4. The van der Waals surface area contributed by atoms with Crippen LogP contribution in [0.25, 0.3) is 0 Å². The van der Waals surface area contributed by atoms with E-state index < -0.39 is 5.97 Å². The highest BCUT2D eigenvalue weighted by molar-refractivity contribution is 7.99. The summed E-state index contributed by atoms with van der Waals surface area (Å²) in [6, 6.07) is 0. The maximum absolute atomic E-state index is 10.4. The zero-order valence-corrected chi connectivity index (χ0v) is 10.8. The normalized spacial score (nSPS) is 22.8. The van der Waals surface area contributed by atoms with Gasteiger partial charge in [-0.1, -0.05) is 32.0 Å². The summed E-state index contributed by atoms with van der Waals surface area (Å²) < 4.78 is 5.53. The molecule has 0 amide bonds. The van der Waals surface area contributed by atoms with Gasteiger partial charge in [0.25, 0.3) is 5.22 Å². The van der Waals surface area contributed by atoms with Crippen LogP contribution >= 0.6 is 11.8 Å². The molecule has 17 heavy (non-hydrogen) atoms. The number of thioether (sulfide) groups is 1. The van der Waals surface area contributed by atoms with E-state index in [0.717, 1.165) is 24.6 Å². The third-order valence-electron chi connectivity index (χ3n) is 3.30. The van der Waals surface area contributed by atoms with Crippen LogP contribution in [0.2, 0.25) is 0 Å². The van der Waals surface area contributed by atoms with Crippen LogP contribution in [0.1, 0.15) is 44.9 Å². The molecule has 1 N–H and O–H groups in total. The molecule has 5 nitrogen and oxygen atoms in total. The molecule has 1 aliphatic rings. The van der Waals surface area contributed by atoms with Crippen LogP contribution in [0.15, 0.2) is 9.64 Å². The summed E-state index contributed by atoms with van der Waals surface area (Å²) in [6.07, 6.45) is 3.41. The number of hydrogen-bond donors (Lipinski definition) is 1. The van der Waals surface area contributed by atoms with Crippen molar-refractivity contribution in [3.8, 4) is 0 Å². The number of carbonyl (C=O) groups is 1. The molecule has 1 heterocycles. The molecule has 1 fully saturated rings. The first kappa shape index (κ1) is 12.4. The fourth-order valence-corrected chi connectivity index (χ4v) is 2.82. The average Bonchev–Trinajstić information content (AvgIpc) is 2.80.